The predicted octanol–water partition coefficient (Wildman–Crippen LogP) is 3.00. The van der Waals surface area contributed by atoms with Crippen molar-refractivity contribution in [2.75, 3.05) is 18.0 Å². The minimum absolute atomic E-state index is 0.131. The maximum absolute atomic E-state index is 9.44. The molecule has 1 saturated carbocycles. The summed E-state index contributed by atoms with van der Waals surface area (Å²) in [5.74, 6) is 2.20. The SMILES string of the molecule is CC(C)c1nc(N2CC3CCCC3C2)sc1CO. The Kier molecular flexibility index (Phi) is 3.32. The molecule has 2 atom stereocenters. The molecule has 1 aromatic heterocycles. The predicted molar refractivity (Wildman–Crippen MR) is 75.2 cm³/mol. The molecule has 100 valence electrons. The average Bonchev–Trinajstić information content (AvgIpc) is 3.01. The van der Waals surface area contributed by atoms with Gasteiger partial charge in [-0.2, -0.15) is 0 Å². The van der Waals surface area contributed by atoms with Crippen LogP contribution in [0.5, 0.6) is 0 Å². The number of anilines is 1. The highest BCUT2D eigenvalue weighted by Crippen LogP contribution is 2.41. The molecule has 0 bridgehead atoms. The number of aliphatic hydroxyl groups is 1. The largest absolute Gasteiger partial charge is 0.391 e. The fraction of sp³-hybridized carbons (Fsp3) is 0.786. The number of thiazole rings is 1. The molecular formula is C14H22N2OS. The maximum Gasteiger partial charge on any atom is 0.185 e. The molecule has 1 aliphatic heterocycles. The second kappa shape index (κ2) is 4.82. The van der Waals surface area contributed by atoms with E-state index in [0.29, 0.717) is 5.92 Å². The zero-order chi connectivity index (χ0) is 12.7. The third kappa shape index (κ3) is 2.05. The third-order valence-electron chi connectivity index (χ3n) is 4.40. The van der Waals surface area contributed by atoms with Crippen LogP contribution in [0.4, 0.5) is 5.13 Å². The van der Waals surface area contributed by atoms with Crippen molar-refractivity contribution in [2.24, 2.45) is 11.8 Å². The topological polar surface area (TPSA) is 36.4 Å². The molecule has 2 unspecified atom stereocenters. The van der Waals surface area contributed by atoms with Gasteiger partial charge >= 0.3 is 0 Å². The van der Waals surface area contributed by atoms with Crippen LogP contribution >= 0.6 is 11.3 Å². The number of hydrogen-bond acceptors (Lipinski definition) is 4. The Morgan fingerprint density at radius 2 is 2.00 bits per heavy atom. The normalized spacial score (nSPS) is 27.2. The molecule has 3 rings (SSSR count). The molecule has 0 spiro atoms. The molecular weight excluding hydrogens is 244 g/mol. The van der Waals surface area contributed by atoms with Crippen LogP contribution in [0.2, 0.25) is 0 Å². The van der Waals surface area contributed by atoms with E-state index in [1.165, 1.54) is 32.4 Å². The lowest BCUT2D eigenvalue weighted by Crippen LogP contribution is -2.20. The quantitative estimate of drug-likeness (QED) is 0.913. The third-order valence-corrected chi connectivity index (χ3v) is 5.52. The Bertz CT molecular complexity index is 417. The van der Waals surface area contributed by atoms with E-state index in [1.54, 1.807) is 11.3 Å². The number of nitrogens with zero attached hydrogens (tertiary/aromatic N) is 2. The number of aromatic nitrogens is 1. The molecule has 0 radical (unpaired) electrons. The van der Waals surface area contributed by atoms with Gasteiger partial charge in [-0.25, -0.2) is 4.98 Å². The van der Waals surface area contributed by atoms with Gasteiger partial charge in [-0.1, -0.05) is 31.6 Å². The Hall–Kier alpha value is -0.610. The minimum atomic E-state index is 0.131. The second-order valence-corrected chi connectivity index (χ2v) is 7.04. The van der Waals surface area contributed by atoms with Gasteiger partial charge in [0, 0.05) is 13.1 Å². The summed E-state index contributed by atoms with van der Waals surface area (Å²) in [6.45, 7) is 6.79. The van der Waals surface area contributed by atoms with E-state index in [4.69, 9.17) is 4.98 Å². The van der Waals surface area contributed by atoms with E-state index in [9.17, 15) is 5.11 Å². The number of rotatable bonds is 3. The van der Waals surface area contributed by atoms with Gasteiger partial charge < -0.3 is 10.0 Å². The van der Waals surface area contributed by atoms with Gasteiger partial charge in [0.1, 0.15) is 0 Å². The highest BCUT2D eigenvalue weighted by molar-refractivity contribution is 7.15. The van der Waals surface area contributed by atoms with E-state index >= 15 is 0 Å². The van der Waals surface area contributed by atoms with Crippen LogP contribution in [-0.4, -0.2) is 23.2 Å². The average molecular weight is 266 g/mol. The first-order chi connectivity index (χ1) is 8.69. The highest BCUT2D eigenvalue weighted by atomic mass is 32.1. The van der Waals surface area contributed by atoms with Gasteiger partial charge in [0.15, 0.2) is 5.13 Å². The molecule has 0 aromatic carbocycles. The zero-order valence-electron chi connectivity index (χ0n) is 11.2. The summed E-state index contributed by atoms with van der Waals surface area (Å²) in [6.07, 6.45) is 4.22. The Balaban J connectivity index is 1.80. The first kappa shape index (κ1) is 12.4. The van der Waals surface area contributed by atoms with Crippen LogP contribution in [0.15, 0.2) is 0 Å². The van der Waals surface area contributed by atoms with Gasteiger partial charge in [-0.15, -0.1) is 0 Å². The molecule has 2 heterocycles. The molecule has 2 aliphatic rings. The first-order valence-corrected chi connectivity index (χ1v) is 7.86. The van der Waals surface area contributed by atoms with Crippen molar-refractivity contribution >= 4 is 16.5 Å². The van der Waals surface area contributed by atoms with Crippen molar-refractivity contribution in [1.82, 2.24) is 4.98 Å². The van der Waals surface area contributed by atoms with E-state index in [0.717, 1.165) is 27.5 Å². The van der Waals surface area contributed by atoms with E-state index in [-0.39, 0.29) is 6.61 Å². The van der Waals surface area contributed by atoms with Crippen molar-refractivity contribution in [3.8, 4) is 0 Å². The van der Waals surface area contributed by atoms with Gasteiger partial charge in [0.2, 0.25) is 0 Å². The summed E-state index contributed by atoms with van der Waals surface area (Å²) < 4.78 is 0. The maximum atomic E-state index is 9.44. The fourth-order valence-electron chi connectivity index (χ4n) is 3.44. The Morgan fingerprint density at radius 3 is 2.50 bits per heavy atom. The lowest BCUT2D eigenvalue weighted by Gasteiger charge is -2.15. The van der Waals surface area contributed by atoms with E-state index in [2.05, 4.69) is 18.7 Å². The van der Waals surface area contributed by atoms with Crippen LogP contribution in [0, 0.1) is 11.8 Å². The van der Waals surface area contributed by atoms with Crippen molar-refractivity contribution < 1.29 is 5.11 Å². The van der Waals surface area contributed by atoms with E-state index in [1.807, 2.05) is 0 Å². The molecule has 1 saturated heterocycles. The summed E-state index contributed by atoms with van der Waals surface area (Å²) >= 11 is 1.69. The summed E-state index contributed by atoms with van der Waals surface area (Å²) in [4.78, 5) is 8.28. The van der Waals surface area contributed by atoms with E-state index < -0.39 is 0 Å². The number of hydrogen-bond donors (Lipinski definition) is 1. The number of fused-ring (bicyclic) bond motifs is 1. The molecule has 2 fully saturated rings. The minimum Gasteiger partial charge on any atom is -0.391 e. The van der Waals surface area contributed by atoms with Crippen LogP contribution in [-0.2, 0) is 6.61 Å². The Morgan fingerprint density at radius 1 is 1.33 bits per heavy atom. The molecule has 3 nitrogen and oxygen atoms in total. The summed E-state index contributed by atoms with van der Waals surface area (Å²) in [7, 11) is 0. The summed E-state index contributed by atoms with van der Waals surface area (Å²) in [6, 6.07) is 0. The van der Waals surface area contributed by atoms with Crippen molar-refractivity contribution in [3.05, 3.63) is 10.6 Å². The lowest BCUT2D eigenvalue weighted by molar-refractivity contribution is 0.283. The van der Waals surface area contributed by atoms with Crippen molar-refractivity contribution in [1.29, 1.82) is 0 Å². The highest BCUT2D eigenvalue weighted by Gasteiger charge is 2.37. The summed E-state index contributed by atoms with van der Waals surface area (Å²) in [5, 5.41) is 10.6. The molecule has 1 aliphatic carbocycles. The summed E-state index contributed by atoms with van der Waals surface area (Å²) in [5.41, 5.74) is 1.09. The molecule has 4 heteroatoms. The van der Waals surface area contributed by atoms with Gasteiger partial charge in [0.05, 0.1) is 17.2 Å². The standard InChI is InChI=1S/C14H22N2OS/c1-9(2)13-12(8-17)18-14(15-13)16-6-10-4-3-5-11(10)7-16/h9-11,17H,3-8H2,1-2H3. The molecule has 1 aromatic rings. The van der Waals surface area contributed by atoms with Crippen LogP contribution in [0.25, 0.3) is 0 Å². The monoisotopic (exact) mass is 266 g/mol. The molecule has 18 heavy (non-hydrogen) atoms. The van der Waals surface area contributed by atoms with Crippen molar-refractivity contribution in [2.45, 2.75) is 45.6 Å². The van der Waals surface area contributed by atoms with Gasteiger partial charge in [-0.05, 0) is 30.6 Å². The fourth-order valence-corrected chi connectivity index (χ4v) is 4.53. The smallest absolute Gasteiger partial charge is 0.185 e. The van der Waals surface area contributed by atoms with Crippen molar-refractivity contribution in [3.63, 3.8) is 0 Å². The first-order valence-electron chi connectivity index (χ1n) is 7.04. The number of aliphatic hydroxyl groups excluding tert-OH is 1. The zero-order valence-corrected chi connectivity index (χ0v) is 12.0. The van der Waals surface area contributed by atoms with Crippen LogP contribution in [0.1, 0.15) is 49.6 Å². The lowest BCUT2D eigenvalue weighted by atomic mass is 10.0. The van der Waals surface area contributed by atoms with Crippen LogP contribution < -0.4 is 4.90 Å². The second-order valence-electron chi connectivity index (χ2n) is 5.97. The van der Waals surface area contributed by atoms with Crippen LogP contribution in [0.3, 0.4) is 0 Å². The molecule has 0 amide bonds. The van der Waals surface area contributed by atoms with Gasteiger partial charge in [0.25, 0.3) is 0 Å². The molecule has 1 N–H and O–H groups in total. The Labute approximate surface area is 113 Å². The van der Waals surface area contributed by atoms with Gasteiger partial charge in [-0.3, -0.25) is 0 Å².